The molecule has 1 aromatic heterocycles. The molecule has 1 amide bonds. The van der Waals surface area contributed by atoms with E-state index >= 15 is 4.39 Å². The number of aromatic nitrogens is 1. The zero-order chi connectivity index (χ0) is 30.6. The molecule has 6 rings (SSSR count). The molecule has 2 fully saturated rings. The summed E-state index contributed by atoms with van der Waals surface area (Å²) < 4.78 is 27.5. The monoisotopic (exact) mass is 631 g/mol. The number of carbonyl (C=O) groups is 2. The van der Waals surface area contributed by atoms with Crippen LogP contribution in [0, 0.1) is 5.82 Å². The number of benzene rings is 3. The van der Waals surface area contributed by atoms with Crippen molar-refractivity contribution in [3.05, 3.63) is 94.3 Å². The molecule has 3 heterocycles. The highest BCUT2D eigenvalue weighted by atomic mass is 32.2. The second-order valence-electron chi connectivity index (χ2n) is 10.5. The van der Waals surface area contributed by atoms with Gasteiger partial charge < -0.3 is 19.6 Å². The first-order valence-electron chi connectivity index (χ1n) is 14.3. The number of carboxylic acids is 1. The van der Waals surface area contributed by atoms with E-state index in [1.807, 2.05) is 24.3 Å². The van der Waals surface area contributed by atoms with Crippen LogP contribution in [0.3, 0.4) is 0 Å². The number of aromatic amines is 1. The van der Waals surface area contributed by atoms with Crippen molar-refractivity contribution in [2.75, 3.05) is 46.0 Å². The summed E-state index contributed by atoms with van der Waals surface area (Å²) in [5, 5.41) is 10.00. The summed E-state index contributed by atoms with van der Waals surface area (Å²) in [7, 11) is 0. The number of nitrogens with one attached hydrogen (secondary N) is 1. The second-order valence-corrected chi connectivity index (χ2v) is 12.2. The normalized spacial score (nSPS) is 16.8. The molecule has 2 N–H and O–H groups in total. The average molecular weight is 632 g/mol. The number of morpholine rings is 1. The Hall–Kier alpha value is -4.03. The van der Waals surface area contributed by atoms with Gasteiger partial charge in [-0.25, -0.2) is 9.18 Å². The van der Waals surface area contributed by atoms with E-state index in [4.69, 9.17) is 26.8 Å². The molecule has 0 radical (unpaired) electrons. The van der Waals surface area contributed by atoms with Crippen LogP contribution in [-0.2, 0) is 16.0 Å². The number of nitrogens with zero attached hydrogens (tertiary/aromatic N) is 2. The van der Waals surface area contributed by atoms with Gasteiger partial charge in [0, 0.05) is 54.4 Å². The third-order valence-corrected chi connectivity index (χ3v) is 9.08. The van der Waals surface area contributed by atoms with Crippen LogP contribution in [0.25, 0.3) is 28.1 Å². The SMILES string of the molecule is O=C(O)c1ccc(CCN2C(=O)/C(=C/c3ccc(OCCN4CCOCC4)c(-c4cc5cc[nH]c5cc4F)c3)SC2=S)cc1. The minimum absolute atomic E-state index is 0.200. The van der Waals surface area contributed by atoms with Gasteiger partial charge in [0.2, 0.25) is 0 Å². The minimum Gasteiger partial charge on any atom is -0.492 e. The van der Waals surface area contributed by atoms with E-state index in [0.717, 1.165) is 36.1 Å². The molecule has 2 aliphatic heterocycles. The zero-order valence-corrected chi connectivity index (χ0v) is 25.4. The van der Waals surface area contributed by atoms with Crippen molar-refractivity contribution in [3.63, 3.8) is 0 Å². The number of amides is 1. The van der Waals surface area contributed by atoms with Gasteiger partial charge in [-0.3, -0.25) is 14.6 Å². The molecule has 2 aliphatic rings. The van der Waals surface area contributed by atoms with Crippen LogP contribution in [0.4, 0.5) is 4.39 Å². The van der Waals surface area contributed by atoms with Crippen LogP contribution in [0.15, 0.2) is 71.8 Å². The molecule has 11 heteroatoms. The Labute approximate surface area is 263 Å². The fourth-order valence-electron chi connectivity index (χ4n) is 5.26. The van der Waals surface area contributed by atoms with Crippen molar-refractivity contribution < 1.29 is 28.6 Å². The highest BCUT2D eigenvalue weighted by Crippen LogP contribution is 2.37. The van der Waals surface area contributed by atoms with Crippen LogP contribution in [0.5, 0.6) is 5.75 Å². The molecule has 3 aromatic carbocycles. The third-order valence-electron chi connectivity index (χ3n) is 7.70. The lowest BCUT2D eigenvalue weighted by Gasteiger charge is -2.26. The molecule has 226 valence electrons. The fraction of sp³-hybridized carbons (Fsp3) is 0.242. The number of thiocarbonyl (C=S) groups is 1. The zero-order valence-electron chi connectivity index (χ0n) is 23.8. The van der Waals surface area contributed by atoms with Gasteiger partial charge in [0.05, 0.1) is 23.7 Å². The lowest BCUT2D eigenvalue weighted by molar-refractivity contribution is -0.122. The van der Waals surface area contributed by atoms with E-state index in [0.29, 0.717) is 64.4 Å². The Morgan fingerprint density at radius 1 is 1.07 bits per heavy atom. The smallest absolute Gasteiger partial charge is 0.335 e. The van der Waals surface area contributed by atoms with Crippen molar-refractivity contribution in [1.82, 2.24) is 14.8 Å². The Kier molecular flexibility index (Phi) is 9.08. The summed E-state index contributed by atoms with van der Waals surface area (Å²) in [6.45, 7) is 4.65. The highest BCUT2D eigenvalue weighted by Gasteiger charge is 2.31. The van der Waals surface area contributed by atoms with Gasteiger partial charge in [-0.2, -0.15) is 0 Å². The molecule has 0 spiro atoms. The van der Waals surface area contributed by atoms with Crippen molar-refractivity contribution in [1.29, 1.82) is 0 Å². The van der Waals surface area contributed by atoms with Crippen LogP contribution < -0.4 is 4.74 Å². The number of carboxylic acid groups (broad SMARTS) is 1. The first-order valence-corrected chi connectivity index (χ1v) is 15.5. The van der Waals surface area contributed by atoms with Gasteiger partial charge >= 0.3 is 5.97 Å². The molecule has 2 saturated heterocycles. The molecule has 0 saturated carbocycles. The lowest BCUT2D eigenvalue weighted by Crippen LogP contribution is -2.38. The van der Waals surface area contributed by atoms with Crippen molar-refractivity contribution in [2.24, 2.45) is 0 Å². The predicted octanol–water partition coefficient (Wildman–Crippen LogP) is 5.83. The first-order chi connectivity index (χ1) is 21.4. The van der Waals surface area contributed by atoms with Crippen molar-refractivity contribution in [3.8, 4) is 16.9 Å². The summed E-state index contributed by atoms with van der Waals surface area (Å²) >= 11 is 6.75. The summed E-state index contributed by atoms with van der Waals surface area (Å²) in [5.74, 6) is -1.000. The van der Waals surface area contributed by atoms with E-state index < -0.39 is 5.97 Å². The Bertz CT molecular complexity index is 1750. The number of thioether (sulfide) groups is 1. The quantitative estimate of drug-likeness (QED) is 0.167. The largest absolute Gasteiger partial charge is 0.492 e. The average Bonchev–Trinajstić information content (AvgIpc) is 3.59. The van der Waals surface area contributed by atoms with Gasteiger partial charge in [0.1, 0.15) is 22.5 Å². The maximum atomic E-state index is 15.4. The van der Waals surface area contributed by atoms with Crippen LogP contribution in [0.1, 0.15) is 21.5 Å². The number of halogens is 1. The molecule has 8 nitrogen and oxygen atoms in total. The van der Waals surface area contributed by atoms with E-state index in [2.05, 4.69) is 9.88 Å². The van der Waals surface area contributed by atoms with E-state index in [1.54, 1.807) is 47.5 Å². The fourth-order valence-corrected chi connectivity index (χ4v) is 6.57. The van der Waals surface area contributed by atoms with Crippen LogP contribution in [0.2, 0.25) is 0 Å². The molecule has 0 bridgehead atoms. The maximum Gasteiger partial charge on any atom is 0.335 e. The molecule has 0 atom stereocenters. The number of H-pyrrole nitrogens is 1. The molecular weight excluding hydrogens is 602 g/mol. The van der Waals surface area contributed by atoms with E-state index in [9.17, 15) is 9.59 Å². The number of fused-ring (bicyclic) bond motifs is 1. The lowest BCUT2D eigenvalue weighted by atomic mass is 9.99. The van der Waals surface area contributed by atoms with Gasteiger partial charge in [-0.15, -0.1) is 0 Å². The summed E-state index contributed by atoms with van der Waals surface area (Å²) in [4.78, 5) is 31.8. The van der Waals surface area contributed by atoms with Crippen LogP contribution in [-0.4, -0.2) is 82.1 Å². The van der Waals surface area contributed by atoms with Gasteiger partial charge in [0.15, 0.2) is 0 Å². The Morgan fingerprint density at radius 2 is 1.86 bits per heavy atom. The molecule has 0 aliphatic carbocycles. The number of hydrogen-bond donors (Lipinski definition) is 2. The van der Waals surface area contributed by atoms with Gasteiger partial charge in [0.25, 0.3) is 5.91 Å². The maximum absolute atomic E-state index is 15.4. The highest BCUT2D eigenvalue weighted by molar-refractivity contribution is 8.26. The molecule has 4 aromatic rings. The minimum atomic E-state index is -0.984. The topological polar surface area (TPSA) is 95.1 Å². The molecular formula is C33H30FN3O5S2. The number of rotatable bonds is 10. The summed E-state index contributed by atoms with van der Waals surface area (Å²) in [6.07, 6.45) is 4.08. The Balaban J connectivity index is 1.23. The standard InChI is InChI=1S/C33H30FN3O5S2/c34-27-20-28-24(7-9-35-28)19-25(27)26-17-22(3-6-29(26)42-16-13-36-11-14-41-15-12-36)18-30-31(38)37(33(43)44-30)10-8-21-1-4-23(5-2-21)32(39)40/h1-7,9,17-20,35H,8,10-16H2,(H,39,40)/b30-18-. The van der Waals surface area contributed by atoms with E-state index in [-0.39, 0.29) is 17.3 Å². The number of aromatic carboxylic acids is 1. The second kappa shape index (κ2) is 13.3. The van der Waals surface area contributed by atoms with Crippen LogP contribution >= 0.6 is 24.0 Å². The Morgan fingerprint density at radius 3 is 2.64 bits per heavy atom. The number of hydrogen-bond acceptors (Lipinski definition) is 7. The van der Waals surface area contributed by atoms with Gasteiger partial charge in [-0.05, 0) is 66.1 Å². The summed E-state index contributed by atoms with van der Waals surface area (Å²) in [5.41, 5.74) is 3.56. The number of carbonyl (C=O) groups excluding carboxylic acids is 1. The van der Waals surface area contributed by atoms with Crippen molar-refractivity contribution >= 4 is 57.2 Å². The number of ether oxygens (including phenoxy) is 2. The van der Waals surface area contributed by atoms with E-state index in [1.165, 1.54) is 17.8 Å². The van der Waals surface area contributed by atoms with Gasteiger partial charge in [-0.1, -0.05) is 42.2 Å². The predicted molar refractivity (Wildman–Crippen MR) is 173 cm³/mol. The molecule has 44 heavy (non-hydrogen) atoms. The summed E-state index contributed by atoms with van der Waals surface area (Å²) in [6, 6.07) is 17.3. The third kappa shape index (κ3) is 6.71. The first kappa shape index (κ1) is 30.0. The molecule has 0 unspecified atom stereocenters. The van der Waals surface area contributed by atoms with Crippen molar-refractivity contribution in [2.45, 2.75) is 6.42 Å².